The van der Waals surface area contributed by atoms with Gasteiger partial charge in [0, 0.05) is 19.3 Å². The maximum absolute atomic E-state index is 4.04. The molecule has 0 rings (SSSR count). The number of hydrogen-bond donors (Lipinski definition) is 0. The van der Waals surface area contributed by atoms with Crippen LogP contribution in [0.1, 0.15) is 34.1 Å². The van der Waals surface area contributed by atoms with Crippen molar-refractivity contribution in [1.29, 1.82) is 0 Å². The molecule has 1 atom stereocenters. The summed E-state index contributed by atoms with van der Waals surface area (Å²) >= 11 is 0. The van der Waals surface area contributed by atoms with Crippen LogP contribution in [0.2, 0.25) is 0 Å². The molecule has 0 aromatic heterocycles. The summed E-state index contributed by atoms with van der Waals surface area (Å²) in [5.74, 6) is 0. The lowest BCUT2D eigenvalue weighted by atomic mass is 10.2. The van der Waals surface area contributed by atoms with Crippen molar-refractivity contribution in [3.63, 3.8) is 0 Å². The van der Waals surface area contributed by atoms with Gasteiger partial charge in [0.2, 0.25) is 0 Å². The van der Waals surface area contributed by atoms with Crippen molar-refractivity contribution < 1.29 is 0 Å². The van der Waals surface area contributed by atoms with Gasteiger partial charge in [0.15, 0.2) is 0 Å². The first kappa shape index (κ1) is 12.9. The van der Waals surface area contributed by atoms with E-state index in [1.54, 1.807) is 7.05 Å². The van der Waals surface area contributed by atoms with Gasteiger partial charge < -0.3 is 4.90 Å². The Morgan fingerprint density at radius 3 is 2.57 bits per heavy atom. The fourth-order valence-corrected chi connectivity index (χ4v) is 0.943. The fraction of sp³-hybridized carbons (Fsp3) is 0.583. The maximum Gasteiger partial charge on any atom is 0.0888 e. The molecule has 0 heterocycles. The standard InChI is InChI=1S/C12H22N2/c1-6-11(3)8-9-14(10-13-5)12(4)7-2/h6,8-10,12H,7H2,1-5H3/b9-8-,11-6-,13-10?. The van der Waals surface area contributed by atoms with Gasteiger partial charge in [-0.2, -0.15) is 0 Å². The Morgan fingerprint density at radius 2 is 2.14 bits per heavy atom. The number of aliphatic imine (C=N–C) groups is 1. The third-order valence-corrected chi connectivity index (χ3v) is 2.31. The zero-order valence-corrected chi connectivity index (χ0v) is 9.99. The predicted molar refractivity (Wildman–Crippen MR) is 64.6 cm³/mol. The summed E-state index contributed by atoms with van der Waals surface area (Å²) < 4.78 is 0. The van der Waals surface area contributed by atoms with Gasteiger partial charge in [-0.15, -0.1) is 0 Å². The lowest BCUT2D eigenvalue weighted by Crippen LogP contribution is -2.25. The quantitative estimate of drug-likeness (QED) is 0.373. The number of hydrogen-bond acceptors (Lipinski definition) is 1. The molecule has 0 aromatic carbocycles. The molecule has 2 nitrogen and oxygen atoms in total. The van der Waals surface area contributed by atoms with E-state index in [1.807, 2.05) is 13.3 Å². The normalized spacial score (nSPS) is 15.4. The van der Waals surface area contributed by atoms with E-state index in [-0.39, 0.29) is 0 Å². The van der Waals surface area contributed by atoms with E-state index in [0.717, 1.165) is 6.42 Å². The second kappa shape index (κ2) is 7.36. The third kappa shape index (κ3) is 4.85. The minimum atomic E-state index is 0.500. The summed E-state index contributed by atoms with van der Waals surface area (Å²) in [5.41, 5.74) is 1.27. The van der Waals surface area contributed by atoms with Crippen LogP contribution in [-0.4, -0.2) is 24.3 Å². The van der Waals surface area contributed by atoms with Crippen LogP contribution in [0.3, 0.4) is 0 Å². The van der Waals surface area contributed by atoms with Crippen molar-refractivity contribution in [2.75, 3.05) is 7.05 Å². The highest BCUT2D eigenvalue weighted by Crippen LogP contribution is 2.03. The molecule has 0 fully saturated rings. The monoisotopic (exact) mass is 194 g/mol. The Kier molecular flexibility index (Phi) is 6.81. The average molecular weight is 194 g/mol. The molecule has 0 saturated carbocycles. The minimum Gasteiger partial charge on any atom is -0.337 e. The molecule has 0 spiro atoms. The van der Waals surface area contributed by atoms with E-state index in [4.69, 9.17) is 0 Å². The van der Waals surface area contributed by atoms with Crippen LogP contribution in [0, 0.1) is 0 Å². The van der Waals surface area contributed by atoms with Crippen LogP contribution in [-0.2, 0) is 0 Å². The summed E-state index contributed by atoms with van der Waals surface area (Å²) in [6, 6.07) is 0.500. The molecular formula is C12H22N2. The topological polar surface area (TPSA) is 15.6 Å². The SMILES string of the molecule is C/C=C(C)\C=C/N(C=NC)C(C)CC. The third-order valence-electron chi connectivity index (χ3n) is 2.31. The molecule has 0 radical (unpaired) electrons. The summed E-state index contributed by atoms with van der Waals surface area (Å²) in [6.45, 7) is 8.50. The Balaban J connectivity index is 4.44. The molecule has 2 heteroatoms. The fourth-order valence-electron chi connectivity index (χ4n) is 0.943. The average Bonchev–Trinajstić information content (AvgIpc) is 2.22. The van der Waals surface area contributed by atoms with Crippen LogP contribution in [0.5, 0.6) is 0 Å². The Hall–Kier alpha value is -1.05. The van der Waals surface area contributed by atoms with Crippen LogP contribution >= 0.6 is 0 Å². The van der Waals surface area contributed by atoms with Crippen molar-refractivity contribution in [3.8, 4) is 0 Å². The molecule has 0 aromatic rings. The minimum absolute atomic E-state index is 0.500. The van der Waals surface area contributed by atoms with Crippen molar-refractivity contribution in [3.05, 3.63) is 23.9 Å². The van der Waals surface area contributed by atoms with Gasteiger partial charge in [-0.25, -0.2) is 0 Å². The lowest BCUT2D eigenvalue weighted by molar-refractivity contribution is 0.426. The molecular weight excluding hydrogens is 172 g/mol. The van der Waals surface area contributed by atoms with E-state index in [9.17, 15) is 0 Å². The molecule has 0 aliphatic carbocycles. The van der Waals surface area contributed by atoms with Gasteiger partial charge in [0.1, 0.15) is 0 Å². The van der Waals surface area contributed by atoms with Crippen molar-refractivity contribution in [2.45, 2.75) is 40.2 Å². The molecule has 1 unspecified atom stereocenters. The number of rotatable bonds is 5. The molecule has 0 aliphatic rings. The molecule has 0 N–H and O–H groups in total. The van der Waals surface area contributed by atoms with Gasteiger partial charge in [-0.3, -0.25) is 4.99 Å². The summed E-state index contributed by atoms with van der Waals surface area (Å²) in [6.07, 6.45) is 9.26. The van der Waals surface area contributed by atoms with E-state index in [2.05, 4.69) is 49.0 Å². The summed E-state index contributed by atoms with van der Waals surface area (Å²) in [4.78, 5) is 6.17. The Morgan fingerprint density at radius 1 is 1.50 bits per heavy atom. The largest absolute Gasteiger partial charge is 0.337 e. The predicted octanol–water partition coefficient (Wildman–Crippen LogP) is 3.22. The van der Waals surface area contributed by atoms with Crippen molar-refractivity contribution in [2.24, 2.45) is 4.99 Å². The molecule has 0 saturated heterocycles. The maximum atomic E-state index is 4.04. The van der Waals surface area contributed by atoms with Crippen molar-refractivity contribution in [1.82, 2.24) is 4.90 Å². The highest BCUT2D eigenvalue weighted by atomic mass is 15.2. The Bertz CT molecular complexity index is 226. The van der Waals surface area contributed by atoms with Gasteiger partial charge in [-0.1, -0.05) is 18.6 Å². The van der Waals surface area contributed by atoms with Crippen LogP contribution in [0.4, 0.5) is 0 Å². The molecule has 0 bridgehead atoms. The Labute approximate surface area is 88.0 Å². The first-order valence-electron chi connectivity index (χ1n) is 5.16. The highest BCUT2D eigenvalue weighted by molar-refractivity contribution is 5.57. The van der Waals surface area contributed by atoms with Gasteiger partial charge in [0.05, 0.1) is 6.34 Å². The molecule has 0 amide bonds. The van der Waals surface area contributed by atoms with Crippen LogP contribution in [0.25, 0.3) is 0 Å². The van der Waals surface area contributed by atoms with Gasteiger partial charge in [0.25, 0.3) is 0 Å². The number of nitrogens with zero attached hydrogens (tertiary/aromatic N) is 2. The van der Waals surface area contributed by atoms with Crippen molar-refractivity contribution >= 4 is 6.34 Å². The van der Waals surface area contributed by atoms with Crippen LogP contribution in [0.15, 0.2) is 28.9 Å². The first-order chi connectivity index (χ1) is 6.65. The second-order valence-electron chi connectivity index (χ2n) is 3.43. The van der Waals surface area contributed by atoms with E-state index in [0.29, 0.717) is 6.04 Å². The second-order valence-corrected chi connectivity index (χ2v) is 3.43. The number of allylic oxidation sites excluding steroid dienone is 3. The highest BCUT2D eigenvalue weighted by Gasteiger charge is 2.03. The van der Waals surface area contributed by atoms with E-state index < -0.39 is 0 Å². The first-order valence-corrected chi connectivity index (χ1v) is 5.16. The van der Waals surface area contributed by atoms with Gasteiger partial charge >= 0.3 is 0 Å². The summed E-state index contributed by atoms with van der Waals surface area (Å²) in [5, 5.41) is 0. The van der Waals surface area contributed by atoms with E-state index >= 15 is 0 Å². The zero-order valence-electron chi connectivity index (χ0n) is 9.99. The molecule has 0 aliphatic heterocycles. The smallest absolute Gasteiger partial charge is 0.0888 e. The molecule has 80 valence electrons. The van der Waals surface area contributed by atoms with Crippen LogP contribution < -0.4 is 0 Å². The zero-order chi connectivity index (χ0) is 11.0. The van der Waals surface area contributed by atoms with E-state index in [1.165, 1.54) is 5.57 Å². The molecule has 14 heavy (non-hydrogen) atoms. The van der Waals surface area contributed by atoms with Gasteiger partial charge in [-0.05, 0) is 33.3 Å². The lowest BCUT2D eigenvalue weighted by Gasteiger charge is -2.21. The summed E-state index contributed by atoms with van der Waals surface area (Å²) in [7, 11) is 1.80.